The number of carbonyl (C=O) groups is 1. The lowest BCUT2D eigenvalue weighted by atomic mass is 9.83. The quantitative estimate of drug-likeness (QED) is 0.827. The number of alkyl halides is 2. The van der Waals surface area contributed by atoms with Gasteiger partial charge in [0.15, 0.2) is 0 Å². The lowest BCUT2D eigenvalue weighted by Crippen LogP contribution is -2.52. The van der Waals surface area contributed by atoms with Gasteiger partial charge in [-0.3, -0.25) is 4.79 Å². The summed E-state index contributed by atoms with van der Waals surface area (Å²) >= 11 is 0. The summed E-state index contributed by atoms with van der Waals surface area (Å²) in [5.74, 6) is -2.49. The average molecular weight is 260 g/mol. The fourth-order valence-corrected chi connectivity index (χ4v) is 2.96. The molecule has 104 valence electrons. The summed E-state index contributed by atoms with van der Waals surface area (Å²) in [6, 6.07) is -0.489. The van der Waals surface area contributed by atoms with Gasteiger partial charge in [-0.2, -0.15) is 0 Å². The predicted octanol–water partition coefficient (Wildman–Crippen LogP) is 2.15. The topological polar surface area (TPSA) is 46.3 Å². The third kappa shape index (κ3) is 3.19. The highest BCUT2D eigenvalue weighted by atomic mass is 19.3. The van der Waals surface area contributed by atoms with E-state index in [0.717, 1.165) is 25.7 Å². The number of halogens is 2. The maximum absolute atomic E-state index is 13.0. The van der Waals surface area contributed by atoms with Crippen molar-refractivity contribution in [1.29, 1.82) is 0 Å². The Morgan fingerprint density at radius 3 is 2.28 bits per heavy atom. The van der Waals surface area contributed by atoms with Crippen molar-refractivity contribution < 1.29 is 13.6 Å². The number of nitrogens with zero attached hydrogens (tertiary/aromatic N) is 1. The fourth-order valence-electron chi connectivity index (χ4n) is 2.96. The van der Waals surface area contributed by atoms with Crippen molar-refractivity contribution in [3.8, 4) is 0 Å². The van der Waals surface area contributed by atoms with Gasteiger partial charge in [-0.25, -0.2) is 8.78 Å². The van der Waals surface area contributed by atoms with Crippen LogP contribution in [-0.4, -0.2) is 35.9 Å². The van der Waals surface area contributed by atoms with Crippen LogP contribution in [0.5, 0.6) is 0 Å². The minimum Gasteiger partial charge on any atom is -0.341 e. The van der Waals surface area contributed by atoms with Gasteiger partial charge in [-0.15, -0.1) is 0 Å². The molecule has 0 aromatic heterocycles. The summed E-state index contributed by atoms with van der Waals surface area (Å²) in [7, 11) is 0. The zero-order valence-electron chi connectivity index (χ0n) is 10.7. The highest BCUT2D eigenvalue weighted by Crippen LogP contribution is 2.30. The molecule has 1 aliphatic carbocycles. The molecule has 2 fully saturated rings. The van der Waals surface area contributed by atoms with E-state index in [1.165, 1.54) is 11.3 Å². The fraction of sp³-hybridized carbons (Fsp3) is 0.923. The van der Waals surface area contributed by atoms with Crippen LogP contribution in [-0.2, 0) is 4.79 Å². The first-order valence-corrected chi connectivity index (χ1v) is 6.92. The van der Waals surface area contributed by atoms with E-state index in [1.54, 1.807) is 0 Å². The number of nitrogens with two attached hydrogens (primary N) is 1. The summed E-state index contributed by atoms with van der Waals surface area (Å²) in [5, 5.41) is 0. The number of hydrogen-bond donors (Lipinski definition) is 1. The smallest absolute Gasteiger partial charge is 0.251 e. The van der Waals surface area contributed by atoms with Gasteiger partial charge < -0.3 is 10.6 Å². The van der Waals surface area contributed by atoms with E-state index in [-0.39, 0.29) is 37.8 Å². The molecule has 2 N–H and O–H groups in total. The van der Waals surface area contributed by atoms with Crippen LogP contribution in [0.15, 0.2) is 0 Å². The number of rotatable bonds is 2. The van der Waals surface area contributed by atoms with E-state index in [9.17, 15) is 13.6 Å². The number of carbonyl (C=O) groups excluding carboxylic acids is 1. The number of likely N-dealkylation sites (tertiary alicyclic amines) is 1. The zero-order valence-corrected chi connectivity index (χ0v) is 10.7. The Bertz CT molecular complexity index is 293. The van der Waals surface area contributed by atoms with Crippen LogP contribution in [0, 0.1) is 5.92 Å². The van der Waals surface area contributed by atoms with Crippen molar-refractivity contribution in [1.82, 2.24) is 4.90 Å². The standard InChI is InChI=1S/C13H22F2N2O/c14-13(15)6-8-17(9-7-13)12(18)11(16)10-4-2-1-3-5-10/h10-11H,1-9,16H2. The molecule has 0 aromatic rings. The summed E-state index contributed by atoms with van der Waals surface area (Å²) in [5.41, 5.74) is 6.01. The Balaban J connectivity index is 1.87. The lowest BCUT2D eigenvalue weighted by molar-refractivity contribution is -0.140. The number of hydrogen-bond acceptors (Lipinski definition) is 2. The predicted molar refractivity (Wildman–Crippen MR) is 65.3 cm³/mol. The van der Waals surface area contributed by atoms with Gasteiger partial charge in [-0.1, -0.05) is 19.3 Å². The van der Waals surface area contributed by atoms with Crippen LogP contribution in [0.1, 0.15) is 44.9 Å². The monoisotopic (exact) mass is 260 g/mol. The van der Waals surface area contributed by atoms with Crippen LogP contribution in [0.25, 0.3) is 0 Å². The first-order chi connectivity index (χ1) is 8.49. The Labute approximate surface area is 107 Å². The van der Waals surface area contributed by atoms with E-state index in [2.05, 4.69) is 0 Å². The van der Waals surface area contributed by atoms with Gasteiger partial charge in [0.25, 0.3) is 5.92 Å². The molecule has 2 rings (SSSR count). The van der Waals surface area contributed by atoms with Crippen molar-refractivity contribution >= 4 is 5.91 Å². The minimum atomic E-state index is -2.61. The number of piperidine rings is 1. The largest absolute Gasteiger partial charge is 0.341 e. The first kappa shape index (κ1) is 13.7. The molecule has 0 bridgehead atoms. The zero-order chi connectivity index (χ0) is 13.2. The molecule has 2 aliphatic rings. The summed E-state index contributed by atoms with van der Waals surface area (Å²) in [4.78, 5) is 13.7. The first-order valence-electron chi connectivity index (χ1n) is 6.92. The van der Waals surface area contributed by atoms with Gasteiger partial charge in [0, 0.05) is 25.9 Å². The molecule has 1 atom stereocenters. The van der Waals surface area contributed by atoms with E-state index in [1.807, 2.05) is 0 Å². The van der Waals surface area contributed by atoms with Gasteiger partial charge in [-0.05, 0) is 18.8 Å². The third-order valence-electron chi connectivity index (χ3n) is 4.25. The molecular formula is C13H22F2N2O. The van der Waals surface area contributed by atoms with Crippen molar-refractivity contribution in [3.63, 3.8) is 0 Å². The Morgan fingerprint density at radius 1 is 1.17 bits per heavy atom. The van der Waals surface area contributed by atoms with Gasteiger partial charge in [0.1, 0.15) is 0 Å². The van der Waals surface area contributed by atoms with Crippen LogP contribution < -0.4 is 5.73 Å². The molecule has 5 heteroatoms. The molecule has 0 spiro atoms. The molecule has 1 saturated heterocycles. The molecule has 18 heavy (non-hydrogen) atoms. The second-order valence-corrected chi connectivity index (χ2v) is 5.61. The van der Waals surface area contributed by atoms with E-state index in [4.69, 9.17) is 5.73 Å². The average Bonchev–Trinajstić information content (AvgIpc) is 2.38. The highest BCUT2D eigenvalue weighted by molar-refractivity contribution is 5.82. The van der Waals surface area contributed by atoms with Gasteiger partial charge in [0.2, 0.25) is 5.91 Å². The van der Waals surface area contributed by atoms with E-state index in [0.29, 0.717) is 0 Å². The summed E-state index contributed by atoms with van der Waals surface area (Å²) in [6.45, 7) is 0.290. The molecule has 1 unspecified atom stereocenters. The van der Waals surface area contributed by atoms with Crippen molar-refractivity contribution in [3.05, 3.63) is 0 Å². The van der Waals surface area contributed by atoms with Crippen LogP contribution in [0.2, 0.25) is 0 Å². The van der Waals surface area contributed by atoms with Gasteiger partial charge >= 0.3 is 0 Å². The molecule has 1 saturated carbocycles. The van der Waals surface area contributed by atoms with Crippen LogP contribution in [0.4, 0.5) is 8.78 Å². The maximum Gasteiger partial charge on any atom is 0.251 e. The Morgan fingerprint density at radius 2 is 1.72 bits per heavy atom. The van der Waals surface area contributed by atoms with Crippen molar-refractivity contribution in [2.45, 2.75) is 56.9 Å². The van der Waals surface area contributed by atoms with Crippen molar-refractivity contribution in [2.75, 3.05) is 13.1 Å². The minimum absolute atomic E-state index is 0.127. The third-order valence-corrected chi connectivity index (χ3v) is 4.25. The molecular weight excluding hydrogens is 238 g/mol. The van der Waals surface area contributed by atoms with E-state index >= 15 is 0 Å². The van der Waals surface area contributed by atoms with E-state index < -0.39 is 12.0 Å². The van der Waals surface area contributed by atoms with Crippen molar-refractivity contribution in [2.24, 2.45) is 11.7 Å². The Hall–Kier alpha value is -0.710. The van der Waals surface area contributed by atoms with Crippen LogP contribution >= 0.6 is 0 Å². The number of amides is 1. The molecule has 3 nitrogen and oxygen atoms in total. The summed E-state index contributed by atoms with van der Waals surface area (Å²) in [6.07, 6.45) is 5.01. The summed E-state index contributed by atoms with van der Waals surface area (Å²) < 4.78 is 26.1. The lowest BCUT2D eigenvalue weighted by Gasteiger charge is -2.35. The van der Waals surface area contributed by atoms with Gasteiger partial charge in [0.05, 0.1) is 6.04 Å². The molecule has 1 aliphatic heterocycles. The maximum atomic E-state index is 13.0. The normalized spacial score (nSPS) is 26.9. The SMILES string of the molecule is NC(C(=O)N1CCC(F)(F)CC1)C1CCCCC1. The molecule has 0 radical (unpaired) electrons. The second kappa shape index (κ2) is 5.51. The second-order valence-electron chi connectivity index (χ2n) is 5.61. The molecule has 0 aromatic carbocycles. The van der Waals surface area contributed by atoms with Crippen LogP contribution in [0.3, 0.4) is 0 Å². The molecule has 1 heterocycles. The Kier molecular flexibility index (Phi) is 4.20. The highest BCUT2D eigenvalue weighted by Gasteiger charge is 2.38. The molecule has 1 amide bonds.